The summed E-state index contributed by atoms with van der Waals surface area (Å²) < 4.78 is 18.9. The molecule has 2 unspecified atom stereocenters. The van der Waals surface area contributed by atoms with Gasteiger partial charge in [-0.2, -0.15) is 0 Å². The average Bonchev–Trinajstić information content (AvgIpc) is 3.30. The second-order valence-corrected chi connectivity index (χ2v) is 12.0. The highest BCUT2D eigenvalue weighted by Crippen LogP contribution is 2.45. The molecule has 2 spiro atoms. The summed E-state index contributed by atoms with van der Waals surface area (Å²) >= 11 is 0. The molecule has 4 aliphatic heterocycles. The van der Waals surface area contributed by atoms with Crippen molar-refractivity contribution in [2.45, 2.75) is 83.0 Å². The Labute approximate surface area is 224 Å². The first kappa shape index (κ1) is 26.5. The van der Waals surface area contributed by atoms with Crippen molar-refractivity contribution in [1.29, 1.82) is 0 Å². The van der Waals surface area contributed by atoms with Gasteiger partial charge in [0.1, 0.15) is 5.60 Å². The van der Waals surface area contributed by atoms with Gasteiger partial charge >= 0.3 is 6.09 Å². The molecule has 0 aromatic heterocycles. The number of nitrogens with zero attached hydrogens (tertiary/aromatic N) is 3. The van der Waals surface area contributed by atoms with Gasteiger partial charge in [-0.15, -0.1) is 0 Å². The zero-order chi connectivity index (χ0) is 25.8. The van der Waals surface area contributed by atoms with E-state index in [1.54, 1.807) is 4.90 Å². The molecule has 0 aliphatic carbocycles. The third-order valence-corrected chi connectivity index (χ3v) is 8.29. The van der Waals surface area contributed by atoms with Gasteiger partial charge in [0, 0.05) is 26.1 Å². The van der Waals surface area contributed by atoms with Gasteiger partial charge in [-0.1, -0.05) is 48.5 Å². The Hall–Kier alpha value is -3.10. The summed E-state index contributed by atoms with van der Waals surface area (Å²) in [6, 6.07) is 17.5. The van der Waals surface area contributed by atoms with Crippen LogP contribution in [0.2, 0.25) is 0 Å². The van der Waals surface area contributed by atoms with Gasteiger partial charge in [0.05, 0.1) is 24.8 Å². The summed E-state index contributed by atoms with van der Waals surface area (Å²) in [5, 5.41) is 0. The van der Waals surface area contributed by atoms with Crippen molar-refractivity contribution in [3.05, 3.63) is 70.8 Å². The monoisotopic (exact) mass is 521 g/mol. The normalized spacial score (nSPS) is 25.7. The molecule has 1 fully saturated rings. The molecule has 2 N–H and O–H groups in total. The number of fused-ring (bicyclic) bond motifs is 3. The van der Waals surface area contributed by atoms with E-state index < -0.39 is 11.2 Å². The Bertz CT molecular complexity index is 1230. The van der Waals surface area contributed by atoms with E-state index in [1.165, 1.54) is 16.7 Å². The van der Waals surface area contributed by atoms with Crippen molar-refractivity contribution >= 4 is 12.1 Å². The van der Waals surface area contributed by atoms with Crippen molar-refractivity contribution in [2.24, 2.45) is 4.99 Å². The number of hydrogen-bond donors (Lipinski definition) is 0. The van der Waals surface area contributed by atoms with Gasteiger partial charge < -0.3 is 24.6 Å². The molecular weight excluding hydrogens is 482 g/mol. The second kappa shape index (κ2) is 9.58. The molecular formula is C30H39N3O5. The first-order valence-corrected chi connectivity index (χ1v) is 13.5. The maximum atomic E-state index is 13.2. The molecule has 0 saturated carbocycles. The zero-order valence-corrected chi connectivity index (χ0v) is 22.8. The molecule has 2 atom stereocenters. The van der Waals surface area contributed by atoms with Crippen LogP contribution in [0.25, 0.3) is 0 Å². The average molecular weight is 522 g/mol. The van der Waals surface area contributed by atoms with Crippen molar-refractivity contribution in [3.8, 4) is 0 Å². The number of likely N-dealkylation sites (tertiary alicyclic amines) is 1. The largest absolute Gasteiger partial charge is 0.454 e. The number of hydrogen-bond acceptors (Lipinski definition) is 6. The van der Waals surface area contributed by atoms with E-state index in [4.69, 9.17) is 19.2 Å². The summed E-state index contributed by atoms with van der Waals surface area (Å²) in [6.07, 6.45) is 2.19. The number of amides is 1. The standard InChI is InChI=1S/C30H37N3O4.H2O/c1-21-30(17-22-9-5-6-10-23(22)18-33(20-30)27(34)37-28(2,3)4)36-26(31-21)32-15-13-29(14-16-32)25-12-8-7-11-24(25)19-35-29;/h5-12,21H,13-20H2,1-4H3;1H2. The molecule has 204 valence electrons. The smallest absolute Gasteiger partial charge is 0.410 e. The molecule has 0 bridgehead atoms. The summed E-state index contributed by atoms with van der Waals surface area (Å²) in [5.41, 5.74) is 3.57. The molecule has 1 saturated heterocycles. The molecule has 6 rings (SSSR count). The van der Waals surface area contributed by atoms with Gasteiger partial charge in [0.2, 0.25) is 0 Å². The van der Waals surface area contributed by atoms with Crippen LogP contribution in [-0.2, 0) is 39.4 Å². The van der Waals surface area contributed by atoms with E-state index in [-0.39, 0.29) is 23.2 Å². The van der Waals surface area contributed by atoms with Crippen molar-refractivity contribution in [3.63, 3.8) is 0 Å². The second-order valence-electron chi connectivity index (χ2n) is 12.0. The summed E-state index contributed by atoms with van der Waals surface area (Å²) in [7, 11) is 0. The van der Waals surface area contributed by atoms with Crippen LogP contribution in [0, 0.1) is 0 Å². The third-order valence-electron chi connectivity index (χ3n) is 8.29. The van der Waals surface area contributed by atoms with Crippen LogP contribution in [0.4, 0.5) is 4.79 Å². The lowest BCUT2D eigenvalue weighted by Gasteiger charge is -2.41. The van der Waals surface area contributed by atoms with E-state index in [1.807, 2.05) is 26.8 Å². The predicted molar refractivity (Wildman–Crippen MR) is 145 cm³/mol. The number of aliphatic imine (C=N–C) groups is 1. The van der Waals surface area contributed by atoms with Crippen LogP contribution in [0.5, 0.6) is 0 Å². The number of carbonyl (C=O) groups is 1. The number of benzene rings is 2. The van der Waals surface area contributed by atoms with Gasteiger partial charge in [-0.05, 0) is 62.8 Å². The number of amidine groups is 1. The van der Waals surface area contributed by atoms with E-state index in [9.17, 15) is 4.79 Å². The molecule has 0 radical (unpaired) electrons. The van der Waals surface area contributed by atoms with Crippen molar-refractivity contribution < 1.29 is 24.5 Å². The Kier molecular flexibility index (Phi) is 6.68. The van der Waals surface area contributed by atoms with Crippen LogP contribution in [0.3, 0.4) is 0 Å². The van der Waals surface area contributed by atoms with Crippen LogP contribution in [-0.4, -0.2) is 64.3 Å². The van der Waals surface area contributed by atoms with Gasteiger partial charge in [0.25, 0.3) is 6.02 Å². The van der Waals surface area contributed by atoms with Gasteiger partial charge in [0.15, 0.2) is 5.60 Å². The fourth-order valence-electron chi connectivity index (χ4n) is 6.23. The molecule has 38 heavy (non-hydrogen) atoms. The number of piperidine rings is 1. The molecule has 8 nitrogen and oxygen atoms in total. The number of ether oxygens (including phenoxy) is 3. The summed E-state index contributed by atoms with van der Waals surface area (Å²) in [5.74, 6) is 0. The fourth-order valence-corrected chi connectivity index (χ4v) is 6.23. The molecule has 4 heterocycles. The Balaban J connectivity index is 0.00000294. The molecule has 1 amide bonds. The van der Waals surface area contributed by atoms with Crippen LogP contribution in [0.15, 0.2) is 53.5 Å². The summed E-state index contributed by atoms with van der Waals surface area (Å²) in [4.78, 5) is 22.3. The van der Waals surface area contributed by atoms with Gasteiger partial charge in [-0.25, -0.2) is 9.79 Å². The Morgan fingerprint density at radius 2 is 1.68 bits per heavy atom. The van der Waals surface area contributed by atoms with Gasteiger partial charge in [-0.3, -0.25) is 4.90 Å². The molecule has 2 aromatic carbocycles. The first-order valence-electron chi connectivity index (χ1n) is 13.5. The van der Waals surface area contributed by atoms with Crippen molar-refractivity contribution in [2.75, 3.05) is 19.6 Å². The lowest BCUT2D eigenvalue weighted by atomic mass is 9.84. The summed E-state index contributed by atoms with van der Waals surface area (Å²) in [6.45, 7) is 11.1. The topological polar surface area (TPSA) is 95.1 Å². The highest BCUT2D eigenvalue weighted by molar-refractivity contribution is 5.77. The van der Waals surface area contributed by atoms with E-state index >= 15 is 0 Å². The quantitative estimate of drug-likeness (QED) is 0.518. The SMILES string of the molecule is CC1N=C(N2CCC3(CC2)OCc2ccccc23)OC12Cc1ccccc1CN(C(=O)OC(C)(C)C)C2.O. The molecule has 8 heteroatoms. The highest BCUT2D eigenvalue weighted by atomic mass is 16.6. The lowest BCUT2D eigenvalue weighted by Crippen LogP contribution is -2.53. The minimum absolute atomic E-state index is 0. The lowest BCUT2D eigenvalue weighted by molar-refractivity contribution is -0.0751. The van der Waals surface area contributed by atoms with Crippen LogP contribution < -0.4 is 0 Å². The highest BCUT2D eigenvalue weighted by Gasteiger charge is 2.51. The van der Waals surface area contributed by atoms with Crippen molar-refractivity contribution in [1.82, 2.24) is 9.80 Å². The number of carbonyl (C=O) groups excluding carboxylic acids is 1. The molecule has 4 aliphatic rings. The predicted octanol–water partition coefficient (Wildman–Crippen LogP) is 4.19. The zero-order valence-electron chi connectivity index (χ0n) is 22.8. The minimum Gasteiger partial charge on any atom is -0.454 e. The van der Waals surface area contributed by atoms with Crippen LogP contribution in [0.1, 0.15) is 62.8 Å². The molecule has 2 aromatic rings. The first-order chi connectivity index (χ1) is 17.7. The van der Waals surface area contributed by atoms with E-state index in [2.05, 4.69) is 54.3 Å². The fraction of sp³-hybridized carbons (Fsp3) is 0.533. The third kappa shape index (κ3) is 4.64. The maximum Gasteiger partial charge on any atom is 0.410 e. The Morgan fingerprint density at radius 1 is 1.03 bits per heavy atom. The Morgan fingerprint density at radius 3 is 2.39 bits per heavy atom. The van der Waals surface area contributed by atoms with Crippen LogP contribution >= 0.6 is 0 Å². The minimum atomic E-state index is -0.634. The number of rotatable bonds is 0. The van der Waals surface area contributed by atoms with E-state index in [0.29, 0.717) is 32.1 Å². The van der Waals surface area contributed by atoms with E-state index in [0.717, 1.165) is 31.5 Å². The maximum absolute atomic E-state index is 13.2.